The van der Waals surface area contributed by atoms with Crippen molar-refractivity contribution in [3.63, 3.8) is 0 Å². The van der Waals surface area contributed by atoms with Crippen LogP contribution in [0.4, 0.5) is 5.69 Å². The number of carbonyl (C=O) groups is 1. The van der Waals surface area contributed by atoms with E-state index in [-0.39, 0.29) is 28.9 Å². The van der Waals surface area contributed by atoms with Gasteiger partial charge in [0.25, 0.3) is 5.69 Å². The van der Waals surface area contributed by atoms with Gasteiger partial charge in [0.05, 0.1) is 4.92 Å². The summed E-state index contributed by atoms with van der Waals surface area (Å²) in [5.74, 6) is 0.0927. The van der Waals surface area contributed by atoms with Gasteiger partial charge in [0.15, 0.2) is 0 Å². The number of aryl methyl sites for hydroxylation is 1. The maximum Gasteiger partial charge on any atom is 0.270 e. The van der Waals surface area contributed by atoms with Gasteiger partial charge >= 0.3 is 0 Å². The van der Waals surface area contributed by atoms with Crippen LogP contribution in [0.15, 0.2) is 79.0 Å². The van der Waals surface area contributed by atoms with Crippen molar-refractivity contribution in [3.05, 3.63) is 111 Å². The highest BCUT2D eigenvalue weighted by Gasteiger charge is 2.24. The third-order valence-corrected chi connectivity index (χ3v) is 6.25. The number of aromatic nitrogens is 1. The minimum Gasteiger partial charge on any atom is -0.356 e. The first-order valence-corrected chi connectivity index (χ1v) is 12.0. The topological polar surface area (TPSA) is 77.2 Å². The average Bonchev–Trinajstić information content (AvgIpc) is 3.19. The number of fused-ring (bicyclic) bond motifs is 1. The normalized spacial score (nSPS) is 12.1. The molecule has 0 aliphatic carbocycles. The molecule has 0 bridgehead atoms. The SMILES string of the molecule is Cc1ccc(C(CC(=O)NCC(C)C)c2cn(Cc3ccccc3)c3ccc([N+](=O)[O-])cc23)cc1. The third-order valence-electron chi connectivity index (χ3n) is 6.25. The summed E-state index contributed by atoms with van der Waals surface area (Å²) in [4.78, 5) is 24.2. The van der Waals surface area contributed by atoms with E-state index in [0.29, 0.717) is 19.0 Å². The van der Waals surface area contributed by atoms with E-state index in [1.54, 1.807) is 12.1 Å². The highest BCUT2D eigenvalue weighted by atomic mass is 16.6. The maximum absolute atomic E-state index is 13.0. The van der Waals surface area contributed by atoms with E-state index in [4.69, 9.17) is 0 Å². The Hall–Kier alpha value is -3.93. The monoisotopic (exact) mass is 469 g/mol. The zero-order chi connectivity index (χ0) is 24.9. The molecule has 0 radical (unpaired) electrons. The summed E-state index contributed by atoms with van der Waals surface area (Å²) in [7, 11) is 0. The number of hydrogen-bond acceptors (Lipinski definition) is 3. The Balaban J connectivity index is 1.83. The number of amides is 1. The molecule has 1 N–H and O–H groups in total. The lowest BCUT2D eigenvalue weighted by molar-refractivity contribution is -0.384. The molecule has 0 saturated heterocycles. The van der Waals surface area contributed by atoms with Gasteiger partial charge in [0, 0.05) is 54.7 Å². The lowest BCUT2D eigenvalue weighted by Gasteiger charge is -2.18. The van der Waals surface area contributed by atoms with E-state index < -0.39 is 0 Å². The molecule has 6 heteroatoms. The Bertz CT molecular complexity index is 1320. The van der Waals surface area contributed by atoms with Crippen molar-refractivity contribution >= 4 is 22.5 Å². The Morgan fingerprint density at radius 2 is 1.74 bits per heavy atom. The largest absolute Gasteiger partial charge is 0.356 e. The first-order valence-electron chi connectivity index (χ1n) is 12.0. The molecule has 0 fully saturated rings. The van der Waals surface area contributed by atoms with Crippen LogP contribution >= 0.6 is 0 Å². The van der Waals surface area contributed by atoms with Crippen LogP contribution in [0.25, 0.3) is 10.9 Å². The van der Waals surface area contributed by atoms with Gasteiger partial charge in [0.1, 0.15) is 0 Å². The predicted molar refractivity (Wildman–Crippen MR) is 140 cm³/mol. The quantitative estimate of drug-likeness (QED) is 0.234. The first kappa shape index (κ1) is 24.2. The van der Waals surface area contributed by atoms with E-state index >= 15 is 0 Å². The Morgan fingerprint density at radius 3 is 2.40 bits per heavy atom. The number of carbonyl (C=O) groups excluding carboxylic acids is 1. The van der Waals surface area contributed by atoms with Crippen LogP contribution in [0.2, 0.25) is 0 Å². The van der Waals surface area contributed by atoms with Crippen molar-refractivity contribution in [2.24, 2.45) is 5.92 Å². The van der Waals surface area contributed by atoms with Gasteiger partial charge in [-0.2, -0.15) is 0 Å². The second-order valence-corrected chi connectivity index (χ2v) is 9.52. The van der Waals surface area contributed by atoms with Crippen LogP contribution in [0, 0.1) is 23.0 Å². The molecule has 6 nitrogen and oxygen atoms in total. The van der Waals surface area contributed by atoms with Crippen molar-refractivity contribution in [2.45, 2.75) is 39.7 Å². The Labute approximate surface area is 205 Å². The number of benzene rings is 3. The van der Waals surface area contributed by atoms with Gasteiger partial charge in [-0.15, -0.1) is 0 Å². The molecule has 0 spiro atoms. The molecule has 1 amide bonds. The van der Waals surface area contributed by atoms with Crippen LogP contribution in [0.3, 0.4) is 0 Å². The van der Waals surface area contributed by atoms with Gasteiger partial charge < -0.3 is 9.88 Å². The molecule has 1 atom stereocenters. The molecule has 180 valence electrons. The second kappa shape index (κ2) is 10.6. The molecule has 1 aromatic heterocycles. The van der Waals surface area contributed by atoms with Crippen molar-refractivity contribution < 1.29 is 9.72 Å². The Morgan fingerprint density at radius 1 is 1.03 bits per heavy atom. The highest BCUT2D eigenvalue weighted by molar-refractivity contribution is 5.88. The summed E-state index contributed by atoms with van der Waals surface area (Å²) in [6.07, 6.45) is 2.32. The molecular formula is C29H31N3O3. The summed E-state index contributed by atoms with van der Waals surface area (Å²) in [5.41, 5.74) is 5.16. The van der Waals surface area contributed by atoms with Gasteiger partial charge in [0.2, 0.25) is 5.91 Å². The van der Waals surface area contributed by atoms with E-state index in [1.165, 1.54) is 0 Å². The zero-order valence-corrected chi connectivity index (χ0v) is 20.4. The van der Waals surface area contributed by atoms with Crippen LogP contribution in [-0.4, -0.2) is 21.9 Å². The molecular weight excluding hydrogens is 438 g/mol. The predicted octanol–water partition coefficient (Wildman–Crippen LogP) is 6.20. The standard InChI is InChI=1S/C29H31N3O3/c1-20(2)17-30-29(33)16-25(23-11-9-21(3)10-12-23)27-19-31(18-22-7-5-4-6-8-22)28-14-13-24(32(34)35)15-26(27)28/h4-15,19-20,25H,16-18H2,1-3H3,(H,30,33). The van der Waals surface area contributed by atoms with Crippen molar-refractivity contribution in [1.29, 1.82) is 0 Å². The number of nitro benzene ring substituents is 1. The van der Waals surface area contributed by atoms with Crippen molar-refractivity contribution in [1.82, 2.24) is 9.88 Å². The third kappa shape index (κ3) is 5.77. The number of rotatable bonds is 9. The van der Waals surface area contributed by atoms with E-state index in [1.807, 2.05) is 55.5 Å². The molecule has 4 aromatic rings. The van der Waals surface area contributed by atoms with Crippen molar-refractivity contribution in [2.75, 3.05) is 6.54 Å². The fourth-order valence-electron chi connectivity index (χ4n) is 4.40. The number of nitrogens with zero attached hydrogens (tertiary/aromatic N) is 2. The van der Waals surface area contributed by atoms with Crippen LogP contribution < -0.4 is 5.32 Å². The van der Waals surface area contributed by atoms with E-state index in [2.05, 4.69) is 42.1 Å². The smallest absolute Gasteiger partial charge is 0.270 e. The van der Waals surface area contributed by atoms with Crippen LogP contribution in [0.5, 0.6) is 0 Å². The van der Waals surface area contributed by atoms with Gasteiger partial charge in [-0.1, -0.05) is 74.0 Å². The summed E-state index contributed by atoms with van der Waals surface area (Å²) >= 11 is 0. The molecule has 3 aromatic carbocycles. The minimum atomic E-state index is -0.367. The second-order valence-electron chi connectivity index (χ2n) is 9.52. The van der Waals surface area contributed by atoms with Crippen molar-refractivity contribution in [3.8, 4) is 0 Å². The van der Waals surface area contributed by atoms with Gasteiger partial charge in [-0.3, -0.25) is 14.9 Å². The summed E-state index contributed by atoms with van der Waals surface area (Å²) in [6.45, 7) is 7.40. The summed E-state index contributed by atoms with van der Waals surface area (Å²) in [5, 5.41) is 15.4. The number of hydrogen-bond donors (Lipinski definition) is 1. The number of nitro groups is 1. The molecule has 4 rings (SSSR count). The lowest BCUT2D eigenvalue weighted by Crippen LogP contribution is -2.28. The lowest BCUT2D eigenvalue weighted by atomic mass is 9.87. The summed E-state index contributed by atoms with van der Waals surface area (Å²) in [6, 6.07) is 23.3. The van der Waals surface area contributed by atoms with Crippen LogP contribution in [0.1, 0.15) is 48.4 Å². The molecule has 0 aliphatic rings. The molecule has 0 aliphatic heterocycles. The number of nitrogens with one attached hydrogen (secondary N) is 1. The molecule has 0 saturated carbocycles. The van der Waals surface area contributed by atoms with E-state index in [0.717, 1.165) is 33.2 Å². The fraction of sp³-hybridized carbons (Fsp3) is 0.276. The van der Waals surface area contributed by atoms with E-state index in [9.17, 15) is 14.9 Å². The summed E-state index contributed by atoms with van der Waals surface area (Å²) < 4.78 is 2.12. The number of non-ortho nitro benzene ring substituents is 1. The highest BCUT2D eigenvalue weighted by Crippen LogP contribution is 2.37. The molecule has 35 heavy (non-hydrogen) atoms. The maximum atomic E-state index is 13.0. The minimum absolute atomic E-state index is 0.0290. The fourth-order valence-corrected chi connectivity index (χ4v) is 4.40. The zero-order valence-electron chi connectivity index (χ0n) is 20.4. The van der Waals surface area contributed by atoms with Gasteiger partial charge in [-0.05, 0) is 35.6 Å². The first-order chi connectivity index (χ1) is 16.8. The molecule has 1 heterocycles. The molecule has 1 unspecified atom stereocenters. The van der Waals surface area contributed by atoms with Gasteiger partial charge in [-0.25, -0.2) is 0 Å². The Kier molecular flexibility index (Phi) is 7.30. The average molecular weight is 470 g/mol. The van der Waals surface area contributed by atoms with Crippen LogP contribution in [-0.2, 0) is 11.3 Å².